The molecular formula is C5H9O. The quantitative estimate of drug-likeness (QED) is 0.459. The monoisotopic (exact) mass is 85.1 g/mol. The molecule has 6 heavy (non-hydrogen) atoms. The summed E-state index contributed by atoms with van der Waals surface area (Å²) in [5.74, 6) is 0.782. The van der Waals surface area contributed by atoms with E-state index in [0.717, 1.165) is 25.6 Å². The number of ether oxygens (including phenoxy) is 1. The molecule has 1 aliphatic rings. The second-order valence-electron chi connectivity index (χ2n) is 1.69. The molecule has 0 aromatic heterocycles. The third-order valence-electron chi connectivity index (χ3n) is 1.12. The van der Waals surface area contributed by atoms with Crippen molar-refractivity contribution < 1.29 is 4.74 Å². The minimum Gasteiger partial charge on any atom is -0.381 e. The molecule has 0 aromatic carbocycles. The van der Waals surface area contributed by atoms with Crippen LogP contribution in [0.15, 0.2) is 0 Å². The fourth-order valence-corrected chi connectivity index (χ4v) is 0.451. The van der Waals surface area contributed by atoms with E-state index in [1.807, 2.05) is 0 Å². The average Bonchev–Trinajstić information content (AvgIpc) is 1.31. The van der Waals surface area contributed by atoms with Gasteiger partial charge in [0.2, 0.25) is 0 Å². The zero-order valence-corrected chi connectivity index (χ0v) is 3.81. The van der Waals surface area contributed by atoms with Crippen LogP contribution in [-0.2, 0) is 4.74 Å². The predicted octanol–water partition coefficient (Wildman–Crippen LogP) is 0.857. The Labute approximate surface area is 38.3 Å². The van der Waals surface area contributed by atoms with Crippen molar-refractivity contribution in [3.05, 3.63) is 6.92 Å². The van der Waals surface area contributed by atoms with Crippen LogP contribution >= 0.6 is 0 Å². The van der Waals surface area contributed by atoms with Gasteiger partial charge in [0.15, 0.2) is 0 Å². The maximum Gasteiger partial charge on any atom is 0.0516 e. The molecule has 0 aliphatic carbocycles. The fraction of sp³-hybridized carbons (Fsp3) is 0.800. The highest BCUT2D eigenvalue weighted by atomic mass is 16.5. The fourth-order valence-electron chi connectivity index (χ4n) is 0.451. The minimum absolute atomic E-state index is 0.782. The van der Waals surface area contributed by atoms with E-state index >= 15 is 0 Å². The van der Waals surface area contributed by atoms with Gasteiger partial charge in [0, 0.05) is 5.92 Å². The normalized spacial score (nSPS) is 23.5. The van der Waals surface area contributed by atoms with E-state index in [1.165, 1.54) is 0 Å². The summed E-state index contributed by atoms with van der Waals surface area (Å²) >= 11 is 0. The third-order valence-corrected chi connectivity index (χ3v) is 1.12. The Balaban J connectivity index is 2.01. The van der Waals surface area contributed by atoms with Crippen LogP contribution in [0.5, 0.6) is 0 Å². The smallest absolute Gasteiger partial charge is 0.0516 e. The van der Waals surface area contributed by atoms with E-state index in [4.69, 9.17) is 4.74 Å². The first-order valence-electron chi connectivity index (χ1n) is 2.30. The Bertz CT molecular complexity index is 36.4. The summed E-state index contributed by atoms with van der Waals surface area (Å²) in [6.45, 7) is 5.62. The molecule has 1 nitrogen and oxygen atoms in total. The molecule has 0 amide bonds. The maximum absolute atomic E-state index is 4.89. The van der Waals surface area contributed by atoms with Crippen molar-refractivity contribution in [1.29, 1.82) is 0 Å². The molecule has 0 saturated carbocycles. The summed E-state index contributed by atoms with van der Waals surface area (Å²) in [6, 6.07) is 0. The van der Waals surface area contributed by atoms with Crippen molar-refractivity contribution in [1.82, 2.24) is 0 Å². The average molecular weight is 85.1 g/mol. The molecule has 1 saturated heterocycles. The Hall–Kier alpha value is -0.0400. The number of hydrogen-bond acceptors (Lipinski definition) is 1. The van der Waals surface area contributed by atoms with Gasteiger partial charge in [-0.05, 0) is 6.42 Å². The van der Waals surface area contributed by atoms with Crippen LogP contribution in [0.2, 0.25) is 0 Å². The molecular weight excluding hydrogens is 76.1 g/mol. The van der Waals surface area contributed by atoms with E-state index in [0.29, 0.717) is 0 Å². The Morgan fingerprint density at radius 2 is 2.33 bits per heavy atom. The van der Waals surface area contributed by atoms with Gasteiger partial charge in [0.1, 0.15) is 0 Å². The highest BCUT2D eigenvalue weighted by molar-refractivity contribution is 4.64. The van der Waals surface area contributed by atoms with Crippen LogP contribution in [-0.4, -0.2) is 13.2 Å². The lowest BCUT2D eigenvalue weighted by molar-refractivity contribution is -0.0302. The van der Waals surface area contributed by atoms with Crippen LogP contribution in [0.3, 0.4) is 0 Å². The molecule has 1 aliphatic heterocycles. The Morgan fingerprint density at radius 1 is 1.67 bits per heavy atom. The first kappa shape index (κ1) is 4.13. The minimum atomic E-state index is 0.782. The summed E-state index contributed by atoms with van der Waals surface area (Å²) < 4.78 is 4.89. The molecule has 0 spiro atoms. The van der Waals surface area contributed by atoms with Gasteiger partial charge in [-0.3, -0.25) is 0 Å². The highest BCUT2D eigenvalue weighted by Crippen LogP contribution is 2.11. The van der Waals surface area contributed by atoms with E-state index in [9.17, 15) is 0 Å². The van der Waals surface area contributed by atoms with E-state index in [-0.39, 0.29) is 0 Å². The molecule has 0 aromatic rings. The standard InChI is InChI=1S/C5H9O/c1-2-5-3-6-4-5/h5H,1-4H2. The first-order chi connectivity index (χ1) is 2.93. The Kier molecular flexibility index (Phi) is 1.10. The van der Waals surface area contributed by atoms with Crippen molar-refractivity contribution in [2.24, 2.45) is 5.92 Å². The largest absolute Gasteiger partial charge is 0.381 e. The van der Waals surface area contributed by atoms with E-state index < -0.39 is 0 Å². The van der Waals surface area contributed by atoms with Crippen LogP contribution in [0.25, 0.3) is 0 Å². The van der Waals surface area contributed by atoms with Gasteiger partial charge in [-0.1, -0.05) is 6.92 Å². The van der Waals surface area contributed by atoms with Gasteiger partial charge in [-0.2, -0.15) is 0 Å². The number of hydrogen-bond donors (Lipinski definition) is 0. The van der Waals surface area contributed by atoms with Crippen molar-refractivity contribution in [3.8, 4) is 0 Å². The molecule has 1 heteroatoms. The zero-order chi connectivity index (χ0) is 4.41. The molecule has 1 heterocycles. The third kappa shape index (κ3) is 0.548. The summed E-state index contributed by atoms with van der Waals surface area (Å²) in [6.07, 6.45) is 1.04. The first-order valence-corrected chi connectivity index (χ1v) is 2.30. The van der Waals surface area contributed by atoms with Crippen molar-refractivity contribution in [3.63, 3.8) is 0 Å². The van der Waals surface area contributed by atoms with Gasteiger partial charge >= 0.3 is 0 Å². The summed E-state index contributed by atoms with van der Waals surface area (Å²) in [7, 11) is 0. The maximum atomic E-state index is 4.89. The van der Waals surface area contributed by atoms with Gasteiger partial charge in [0.05, 0.1) is 13.2 Å². The Morgan fingerprint density at radius 3 is 2.33 bits per heavy atom. The van der Waals surface area contributed by atoms with Crippen LogP contribution < -0.4 is 0 Å². The summed E-state index contributed by atoms with van der Waals surface area (Å²) in [5, 5.41) is 0. The molecule has 0 atom stereocenters. The lowest BCUT2D eigenvalue weighted by atomic mass is 10.1. The second-order valence-corrected chi connectivity index (χ2v) is 1.69. The van der Waals surface area contributed by atoms with Crippen LogP contribution in [0, 0.1) is 12.8 Å². The van der Waals surface area contributed by atoms with E-state index in [2.05, 4.69) is 6.92 Å². The van der Waals surface area contributed by atoms with Gasteiger partial charge in [0.25, 0.3) is 0 Å². The highest BCUT2D eigenvalue weighted by Gasteiger charge is 2.14. The zero-order valence-electron chi connectivity index (χ0n) is 3.81. The van der Waals surface area contributed by atoms with Gasteiger partial charge in [-0.25, -0.2) is 0 Å². The SMILES string of the molecule is [CH2]CC1COC1. The van der Waals surface area contributed by atoms with Crippen molar-refractivity contribution in [2.75, 3.05) is 13.2 Å². The van der Waals surface area contributed by atoms with Crippen LogP contribution in [0.1, 0.15) is 6.42 Å². The van der Waals surface area contributed by atoms with Crippen molar-refractivity contribution >= 4 is 0 Å². The van der Waals surface area contributed by atoms with Crippen molar-refractivity contribution in [2.45, 2.75) is 6.42 Å². The topological polar surface area (TPSA) is 9.23 Å². The lowest BCUT2D eigenvalue weighted by Crippen LogP contribution is -2.26. The molecule has 1 radical (unpaired) electrons. The molecule has 0 N–H and O–H groups in total. The predicted molar refractivity (Wildman–Crippen MR) is 24.3 cm³/mol. The summed E-state index contributed by atoms with van der Waals surface area (Å²) in [4.78, 5) is 0. The molecule has 1 rings (SSSR count). The second kappa shape index (κ2) is 1.61. The molecule has 0 unspecified atom stereocenters. The summed E-state index contributed by atoms with van der Waals surface area (Å²) in [5.41, 5.74) is 0. The van der Waals surface area contributed by atoms with Crippen LogP contribution in [0.4, 0.5) is 0 Å². The molecule has 35 valence electrons. The molecule has 1 fully saturated rings. The van der Waals surface area contributed by atoms with Gasteiger partial charge in [-0.15, -0.1) is 0 Å². The molecule has 0 bridgehead atoms. The lowest BCUT2D eigenvalue weighted by Gasteiger charge is -2.23. The number of rotatable bonds is 1. The van der Waals surface area contributed by atoms with Gasteiger partial charge < -0.3 is 4.74 Å². The van der Waals surface area contributed by atoms with E-state index in [1.54, 1.807) is 0 Å².